The molecular formula is C12H18ClF3N4O2. The number of carbonyl (C=O) groups is 1. The van der Waals surface area contributed by atoms with E-state index >= 15 is 0 Å². The molecule has 1 aliphatic heterocycles. The Morgan fingerprint density at radius 2 is 2.09 bits per heavy atom. The van der Waals surface area contributed by atoms with Crippen LogP contribution >= 0.6 is 12.4 Å². The summed E-state index contributed by atoms with van der Waals surface area (Å²) in [6, 6.07) is 0. The maximum Gasteiger partial charge on any atom is 0.408 e. The van der Waals surface area contributed by atoms with E-state index in [-0.39, 0.29) is 30.5 Å². The van der Waals surface area contributed by atoms with Crippen molar-refractivity contribution in [2.45, 2.75) is 25.6 Å². The number of halogens is 4. The third-order valence-corrected chi connectivity index (χ3v) is 3.55. The van der Waals surface area contributed by atoms with Gasteiger partial charge in [-0.25, -0.2) is 0 Å². The van der Waals surface area contributed by atoms with Crippen LogP contribution in [-0.2, 0) is 16.1 Å². The van der Waals surface area contributed by atoms with Crippen LogP contribution in [0.2, 0.25) is 0 Å². The third-order valence-electron chi connectivity index (χ3n) is 3.55. The van der Waals surface area contributed by atoms with Gasteiger partial charge in [0.05, 0.1) is 17.3 Å². The molecule has 0 aromatic carbocycles. The number of aromatic nitrogens is 2. The van der Waals surface area contributed by atoms with E-state index in [9.17, 15) is 18.0 Å². The highest BCUT2D eigenvalue weighted by molar-refractivity contribution is 5.95. The number of nitrogens with two attached hydrogens (primary N) is 1. The molecule has 0 saturated carbocycles. The van der Waals surface area contributed by atoms with Crippen LogP contribution in [0.5, 0.6) is 0 Å². The fourth-order valence-corrected chi connectivity index (χ4v) is 2.25. The smallest absolute Gasteiger partial charge is 0.381 e. The highest BCUT2D eigenvalue weighted by Crippen LogP contribution is 2.31. The van der Waals surface area contributed by atoms with Crippen LogP contribution in [-0.4, -0.2) is 41.6 Å². The van der Waals surface area contributed by atoms with Crippen molar-refractivity contribution in [2.24, 2.45) is 11.1 Å². The van der Waals surface area contributed by atoms with Gasteiger partial charge >= 0.3 is 6.18 Å². The van der Waals surface area contributed by atoms with Crippen LogP contribution in [0.3, 0.4) is 0 Å². The molecule has 0 bridgehead atoms. The molecule has 22 heavy (non-hydrogen) atoms. The van der Waals surface area contributed by atoms with E-state index in [1.807, 2.05) is 0 Å². The first-order valence-electron chi connectivity index (χ1n) is 6.53. The highest BCUT2D eigenvalue weighted by Gasteiger charge is 2.39. The van der Waals surface area contributed by atoms with Crippen molar-refractivity contribution in [1.29, 1.82) is 0 Å². The van der Waals surface area contributed by atoms with Gasteiger partial charge in [0.15, 0.2) is 0 Å². The third kappa shape index (κ3) is 4.59. The highest BCUT2D eigenvalue weighted by atomic mass is 35.5. The molecule has 1 saturated heterocycles. The summed E-state index contributed by atoms with van der Waals surface area (Å²) >= 11 is 0. The minimum absolute atomic E-state index is 0. The van der Waals surface area contributed by atoms with Gasteiger partial charge in [-0.3, -0.25) is 9.48 Å². The van der Waals surface area contributed by atoms with Crippen molar-refractivity contribution in [1.82, 2.24) is 9.78 Å². The summed E-state index contributed by atoms with van der Waals surface area (Å²) in [6.45, 7) is -0.145. The quantitative estimate of drug-likeness (QED) is 0.870. The number of carbonyl (C=O) groups excluding carboxylic acids is 1. The molecule has 0 atom stereocenters. The predicted molar refractivity (Wildman–Crippen MR) is 75.7 cm³/mol. The molecule has 0 unspecified atom stereocenters. The van der Waals surface area contributed by atoms with Crippen LogP contribution in [0.1, 0.15) is 12.8 Å². The van der Waals surface area contributed by atoms with Gasteiger partial charge in [-0.05, 0) is 12.8 Å². The first-order valence-corrected chi connectivity index (χ1v) is 6.53. The van der Waals surface area contributed by atoms with Gasteiger partial charge < -0.3 is 15.8 Å². The molecule has 10 heteroatoms. The van der Waals surface area contributed by atoms with Gasteiger partial charge in [-0.1, -0.05) is 0 Å². The van der Waals surface area contributed by atoms with Gasteiger partial charge in [0.1, 0.15) is 6.54 Å². The van der Waals surface area contributed by atoms with Crippen molar-refractivity contribution in [3.63, 3.8) is 0 Å². The molecule has 2 heterocycles. The van der Waals surface area contributed by atoms with E-state index in [2.05, 4.69) is 10.4 Å². The van der Waals surface area contributed by atoms with Gasteiger partial charge in [-0.2, -0.15) is 18.3 Å². The van der Waals surface area contributed by atoms with E-state index in [4.69, 9.17) is 10.5 Å². The lowest BCUT2D eigenvalue weighted by atomic mass is 9.79. The molecule has 6 nitrogen and oxygen atoms in total. The number of rotatable bonds is 4. The molecule has 1 fully saturated rings. The lowest BCUT2D eigenvalue weighted by Crippen LogP contribution is -2.46. The van der Waals surface area contributed by atoms with E-state index in [0.29, 0.717) is 26.1 Å². The molecule has 1 aliphatic rings. The number of anilines is 1. The maximum atomic E-state index is 12.3. The van der Waals surface area contributed by atoms with Gasteiger partial charge in [0.2, 0.25) is 5.91 Å². The number of hydrogen-bond donors (Lipinski definition) is 2. The van der Waals surface area contributed by atoms with E-state index in [0.717, 1.165) is 10.9 Å². The van der Waals surface area contributed by atoms with Crippen LogP contribution in [0.15, 0.2) is 12.4 Å². The van der Waals surface area contributed by atoms with Gasteiger partial charge in [-0.15, -0.1) is 12.4 Å². The second-order valence-electron chi connectivity index (χ2n) is 5.09. The van der Waals surface area contributed by atoms with Gasteiger partial charge in [0, 0.05) is 26.0 Å². The Morgan fingerprint density at radius 3 is 2.64 bits per heavy atom. The second kappa shape index (κ2) is 7.30. The summed E-state index contributed by atoms with van der Waals surface area (Å²) < 4.78 is 42.7. The van der Waals surface area contributed by atoms with Crippen molar-refractivity contribution < 1.29 is 22.7 Å². The fraction of sp³-hybridized carbons (Fsp3) is 0.667. The largest absolute Gasteiger partial charge is 0.408 e. The monoisotopic (exact) mass is 342 g/mol. The van der Waals surface area contributed by atoms with Crippen molar-refractivity contribution in [3.05, 3.63) is 12.4 Å². The summed E-state index contributed by atoms with van der Waals surface area (Å²) in [6.07, 6.45) is -1.04. The number of nitrogens with one attached hydrogen (secondary N) is 1. The Bertz CT molecular complexity index is 501. The standard InChI is InChI=1S/C12H17F3N4O2.ClH/c13-12(14,15)8-19-6-9(5-17-19)18-10(20)11(7-16)1-3-21-4-2-11;/h5-6H,1-4,7-8,16H2,(H,18,20);1H. The Hall–Kier alpha value is -1.32. The molecular weight excluding hydrogens is 325 g/mol. The fourth-order valence-electron chi connectivity index (χ4n) is 2.25. The van der Waals surface area contributed by atoms with Crippen molar-refractivity contribution in [3.8, 4) is 0 Å². The Morgan fingerprint density at radius 1 is 1.45 bits per heavy atom. The average molecular weight is 343 g/mol. The molecule has 1 amide bonds. The second-order valence-corrected chi connectivity index (χ2v) is 5.09. The topological polar surface area (TPSA) is 82.2 Å². The number of alkyl halides is 3. The minimum Gasteiger partial charge on any atom is -0.381 e. The zero-order valence-electron chi connectivity index (χ0n) is 11.7. The number of amides is 1. The predicted octanol–water partition coefficient (Wildman–Crippen LogP) is 1.56. The van der Waals surface area contributed by atoms with Crippen LogP contribution in [0, 0.1) is 5.41 Å². The molecule has 0 aliphatic carbocycles. The van der Waals surface area contributed by atoms with Gasteiger partial charge in [0.25, 0.3) is 0 Å². The van der Waals surface area contributed by atoms with E-state index in [1.54, 1.807) is 0 Å². The summed E-state index contributed by atoms with van der Waals surface area (Å²) in [5.41, 5.74) is 5.19. The zero-order chi connectivity index (χ0) is 15.5. The van der Waals surface area contributed by atoms with Crippen molar-refractivity contribution in [2.75, 3.05) is 25.1 Å². The SMILES string of the molecule is Cl.NCC1(C(=O)Nc2cnn(CC(F)(F)F)c2)CCOCC1. The van der Waals surface area contributed by atoms with E-state index in [1.165, 1.54) is 6.20 Å². The summed E-state index contributed by atoms with van der Waals surface area (Å²) in [4.78, 5) is 12.3. The molecule has 1 aromatic heterocycles. The van der Waals surface area contributed by atoms with Crippen LogP contribution in [0.25, 0.3) is 0 Å². The first-order chi connectivity index (χ1) is 9.85. The maximum absolute atomic E-state index is 12.3. The Labute approximate surface area is 131 Å². The summed E-state index contributed by atoms with van der Waals surface area (Å²) in [7, 11) is 0. The Balaban J connectivity index is 0.00000242. The molecule has 1 aromatic rings. The average Bonchev–Trinajstić information content (AvgIpc) is 2.84. The Kier molecular flexibility index (Phi) is 6.21. The molecule has 0 spiro atoms. The normalized spacial score (nSPS) is 17.6. The molecule has 0 radical (unpaired) electrons. The molecule has 2 rings (SSSR count). The summed E-state index contributed by atoms with van der Waals surface area (Å²) in [5.74, 6) is -0.306. The summed E-state index contributed by atoms with van der Waals surface area (Å²) in [5, 5.41) is 6.16. The lowest BCUT2D eigenvalue weighted by molar-refractivity contribution is -0.142. The van der Waals surface area contributed by atoms with Crippen molar-refractivity contribution >= 4 is 24.0 Å². The van der Waals surface area contributed by atoms with Crippen LogP contribution in [0.4, 0.5) is 18.9 Å². The molecule has 126 valence electrons. The lowest BCUT2D eigenvalue weighted by Gasteiger charge is -2.34. The zero-order valence-corrected chi connectivity index (χ0v) is 12.5. The minimum atomic E-state index is -4.35. The molecule has 3 N–H and O–H groups in total. The first kappa shape index (κ1) is 18.7. The number of hydrogen-bond acceptors (Lipinski definition) is 4. The van der Waals surface area contributed by atoms with Crippen LogP contribution < -0.4 is 11.1 Å². The van der Waals surface area contributed by atoms with E-state index < -0.39 is 18.1 Å². The number of ether oxygens (including phenoxy) is 1. The number of nitrogens with zero attached hydrogens (tertiary/aromatic N) is 2.